The molecule has 8 heteroatoms. The normalized spacial score (nSPS) is 18.8. The minimum atomic E-state index is 0.182. The minimum Gasteiger partial charge on any atom is -0.341 e. The van der Waals surface area contributed by atoms with Gasteiger partial charge in [-0.1, -0.05) is 35.5 Å². The fraction of sp³-hybridized carbons (Fsp3) is 0.435. The molecule has 0 aliphatic carbocycles. The summed E-state index contributed by atoms with van der Waals surface area (Å²) in [7, 11) is 0. The van der Waals surface area contributed by atoms with E-state index in [9.17, 15) is 4.79 Å². The zero-order valence-corrected chi connectivity index (χ0v) is 19.4. The van der Waals surface area contributed by atoms with Crippen molar-refractivity contribution in [2.24, 2.45) is 0 Å². The molecule has 2 saturated heterocycles. The Morgan fingerprint density at radius 2 is 1.90 bits per heavy atom. The van der Waals surface area contributed by atoms with Crippen molar-refractivity contribution in [3.8, 4) is 5.69 Å². The number of likely N-dealkylation sites (tertiary alicyclic amines) is 1. The molecule has 0 saturated carbocycles. The lowest BCUT2D eigenvalue weighted by Crippen LogP contribution is -2.31. The highest BCUT2D eigenvalue weighted by Crippen LogP contribution is 2.35. The molecule has 5 rings (SSSR count). The van der Waals surface area contributed by atoms with Gasteiger partial charge in [0.2, 0.25) is 11.9 Å². The molecule has 3 aromatic rings. The second-order valence-electron chi connectivity index (χ2n) is 8.20. The van der Waals surface area contributed by atoms with Gasteiger partial charge in [0.15, 0.2) is 5.16 Å². The molecule has 2 fully saturated rings. The maximum atomic E-state index is 13.1. The van der Waals surface area contributed by atoms with Crippen LogP contribution in [-0.4, -0.2) is 51.0 Å². The van der Waals surface area contributed by atoms with Crippen molar-refractivity contribution in [2.45, 2.75) is 43.8 Å². The Morgan fingerprint density at radius 3 is 2.65 bits per heavy atom. The maximum absolute atomic E-state index is 13.1. The summed E-state index contributed by atoms with van der Waals surface area (Å²) in [6.07, 6.45) is 4.48. The molecule has 2 aliphatic heterocycles. The number of carbonyl (C=O) groups excluding carboxylic acids is 1. The molecule has 1 aromatic carbocycles. The summed E-state index contributed by atoms with van der Waals surface area (Å²) >= 11 is 3.24. The first kappa shape index (κ1) is 20.6. The molecule has 1 amide bonds. The van der Waals surface area contributed by atoms with Gasteiger partial charge in [0.25, 0.3) is 0 Å². The number of nitrogens with zero attached hydrogens (tertiary/aromatic N) is 5. The van der Waals surface area contributed by atoms with Gasteiger partial charge >= 0.3 is 0 Å². The summed E-state index contributed by atoms with van der Waals surface area (Å²) in [5, 5.41) is 11.9. The van der Waals surface area contributed by atoms with Crippen LogP contribution >= 0.6 is 23.1 Å². The molecule has 162 valence electrons. The largest absolute Gasteiger partial charge is 0.341 e. The molecule has 4 heterocycles. The molecule has 0 spiro atoms. The Morgan fingerprint density at radius 1 is 1.10 bits per heavy atom. The van der Waals surface area contributed by atoms with E-state index in [2.05, 4.69) is 68.4 Å². The number of hydrogen-bond acceptors (Lipinski definition) is 6. The second kappa shape index (κ2) is 9.04. The Bertz CT molecular complexity index is 1020. The Hall–Kier alpha value is -2.32. The van der Waals surface area contributed by atoms with Crippen molar-refractivity contribution >= 4 is 35.0 Å². The lowest BCUT2D eigenvalue weighted by atomic mass is 10.2. The van der Waals surface area contributed by atoms with E-state index in [-0.39, 0.29) is 11.9 Å². The van der Waals surface area contributed by atoms with E-state index in [0.29, 0.717) is 5.75 Å². The summed E-state index contributed by atoms with van der Waals surface area (Å²) in [4.78, 5) is 18.8. The molecule has 6 nitrogen and oxygen atoms in total. The highest BCUT2D eigenvalue weighted by Gasteiger charge is 2.31. The van der Waals surface area contributed by atoms with E-state index in [1.807, 2.05) is 4.90 Å². The third kappa shape index (κ3) is 4.23. The van der Waals surface area contributed by atoms with E-state index in [1.165, 1.54) is 35.0 Å². The number of rotatable bonds is 6. The smallest absolute Gasteiger partial charge is 0.233 e. The second-order valence-corrected chi connectivity index (χ2v) is 10.1. The van der Waals surface area contributed by atoms with Crippen LogP contribution in [0.4, 0.5) is 5.95 Å². The van der Waals surface area contributed by atoms with E-state index in [1.54, 1.807) is 11.3 Å². The molecule has 1 unspecified atom stereocenters. The van der Waals surface area contributed by atoms with Crippen LogP contribution in [-0.2, 0) is 4.79 Å². The first-order valence-electron chi connectivity index (χ1n) is 10.9. The number of amides is 1. The van der Waals surface area contributed by atoms with E-state index in [4.69, 9.17) is 0 Å². The van der Waals surface area contributed by atoms with Crippen molar-refractivity contribution in [2.75, 3.05) is 30.3 Å². The maximum Gasteiger partial charge on any atom is 0.233 e. The average molecular weight is 454 g/mol. The van der Waals surface area contributed by atoms with Crippen molar-refractivity contribution in [3.63, 3.8) is 0 Å². The Labute approximate surface area is 191 Å². The van der Waals surface area contributed by atoms with Crippen LogP contribution < -0.4 is 4.90 Å². The zero-order valence-electron chi connectivity index (χ0n) is 17.7. The summed E-state index contributed by atoms with van der Waals surface area (Å²) in [6.45, 7) is 4.94. The summed E-state index contributed by atoms with van der Waals surface area (Å²) < 4.78 is 2.11. The fourth-order valence-electron chi connectivity index (χ4n) is 4.45. The Kier molecular flexibility index (Phi) is 6.00. The quantitative estimate of drug-likeness (QED) is 0.507. The fourth-order valence-corrected chi connectivity index (χ4v) is 6.16. The van der Waals surface area contributed by atoms with Crippen molar-refractivity contribution < 1.29 is 4.79 Å². The van der Waals surface area contributed by atoms with Crippen LogP contribution in [0, 0.1) is 6.92 Å². The molecule has 31 heavy (non-hydrogen) atoms. The number of anilines is 1. The monoisotopic (exact) mass is 453 g/mol. The number of thiophene rings is 1. The lowest BCUT2D eigenvalue weighted by Gasteiger charge is -2.24. The predicted molar refractivity (Wildman–Crippen MR) is 126 cm³/mol. The summed E-state index contributed by atoms with van der Waals surface area (Å²) in [6, 6.07) is 12.9. The third-order valence-electron chi connectivity index (χ3n) is 6.07. The zero-order chi connectivity index (χ0) is 21.2. The molecular weight excluding hydrogens is 426 g/mol. The molecule has 0 N–H and O–H groups in total. The number of aryl methyl sites for hydroxylation is 1. The van der Waals surface area contributed by atoms with Gasteiger partial charge in [-0.25, -0.2) is 0 Å². The van der Waals surface area contributed by atoms with Gasteiger partial charge in [0, 0.05) is 24.5 Å². The van der Waals surface area contributed by atoms with Crippen molar-refractivity contribution in [1.29, 1.82) is 0 Å². The van der Waals surface area contributed by atoms with E-state index < -0.39 is 0 Å². The number of aromatic nitrogens is 3. The first-order valence-corrected chi connectivity index (χ1v) is 12.8. The van der Waals surface area contributed by atoms with Gasteiger partial charge < -0.3 is 9.80 Å². The number of carbonyl (C=O) groups is 1. The van der Waals surface area contributed by atoms with Gasteiger partial charge in [-0.2, -0.15) is 0 Å². The summed E-state index contributed by atoms with van der Waals surface area (Å²) in [5.74, 6) is 1.45. The molecule has 2 aromatic heterocycles. The van der Waals surface area contributed by atoms with Crippen molar-refractivity contribution in [3.05, 3.63) is 52.2 Å². The van der Waals surface area contributed by atoms with Crippen LogP contribution in [0.5, 0.6) is 0 Å². The Balaban J connectivity index is 1.36. The van der Waals surface area contributed by atoms with Gasteiger partial charge in [-0.3, -0.25) is 9.36 Å². The number of thioether (sulfide) groups is 1. The topological polar surface area (TPSA) is 54.3 Å². The average Bonchev–Trinajstić information content (AvgIpc) is 3.58. The SMILES string of the molecule is Cc1ccc(-n2c(SCC(=O)N3CCCC3c3cccs3)nnc2N2CCCC2)cc1. The molecule has 2 aliphatic rings. The van der Waals surface area contributed by atoms with E-state index in [0.717, 1.165) is 49.3 Å². The summed E-state index contributed by atoms with van der Waals surface area (Å²) in [5.41, 5.74) is 2.27. The number of benzene rings is 1. The highest BCUT2D eigenvalue weighted by atomic mass is 32.2. The lowest BCUT2D eigenvalue weighted by molar-refractivity contribution is -0.129. The highest BCUT2D eigenvalue weighted by molar-refractivity contribution is 7.99. The van der Waals surface area contributed by atoms with Crippen LogP contribution in [0.1, 0.15) is 42.2 Å². The van der Waals surface area contributed by atoms with Gasteiger partial charge in [0.1, 0.15) is 0 Å². The first-order chi connectivity index (χ1) is 15.2. The van der Waals surface area contributed by atoms with Gasteiger partial charge in [-0.15, -0.1) is 21.5 Å². The molecule has 1 atom stereocenters. The van der Waals surface area contributed by atoms with Crippen LogP contribution in [0.3, 0.4) is 0 Å². The molecular formula is C23H27N5OS2. The number of hydrogen-bond donors (Lipinski definition) is 0. The van der Waals surface area contributed by atoms with Crippen LogP contribution in [0.15, 0.2) is 46.9 Å². The molecule has 0 radical (unpaired) electrons. The third-order valence-corrected chi connectivity index (χ3v) is 7.95. The van der Waals surface area contributed by atoms with Gasteiger partial charge in [0.05, 0.1) is 17.5 Å². The van der Waals surface area contributed by atoms with Gasteiger partial charge in [-0.05, 0) is 56.2 Å². The minimum absolute atomic E-state index is 0.182. The van der Waals surface area contributed by atoms with Crippen LogP contribution in [0.25, 0.3) is 5.69 Å². The molecule has 0 bridgehead atoms. The van der Waals surface area contributed by atoms with Crippen molar-refractivity contribution in [1.82, 2.24) is 19.7 Å². The predicted octanol–water partition coefficient (Wildman–Crippen LogP) is 4.69. The van der Waals surface area contributed by atoms with Crippen LogP contribution in [0.2, 0.25) is 0 Å². The standard InChI is InChI=1S/C23H27N5OS2/c1-17-8-10-18(11-9-17)28-22(26-12-2-3-13-26)24-25-23(28)31-16-21(29)27-14-4-6-19(27)20-7-5-15-30-20/h5,7-11,15,19H,2-4,6,12-14,16H2,1H3. The van der Waals surface area contributed by atoms with E-state index >= 15 is 0 Å².